The summed E-state index contributed by atoms with van der Waals surface area (Å²) in [5.74, 6) is 0.272. The molecule has 1 aliphatic carbocycles. The van der Waals surface area contributed by atoms with Crippen molar-refractivity contribution in [2.75, 3.05) is 6.61 Å². The van der Waals surface area contributed by atoms with E-state index in [1.165, 1.54) is 18.6 Å². The Morgan fingerprint density at radius 3 is 2.86 bits per heavy atom. The minimum absolute atomic E-state index is 0.283. The van der Waals surface area contributed by atoms with Gasteiger partial charge in [-0.05, 0) is 49.4 Å². The van der Waals surface area contributed by atoms with E-state index < -0.39 is 11.7 Å². The van der Waals surface area contributed by atoms with Gasteiger partial charge in [-0.3, -0.25) is 0 Å². The number of aliphatic hydroxyl groups excluding tert-OH is 1. The van der Waals surface area contributed by atoms with Crippen LogP contribution in [-0.4, -0.2) is 23.4 Å². The number of rotatable bonds is 5. The zero-order chi connectivity index (χ0) is 15.5. The van der Waals surface area contributed by atoms with E-state index >= 15 is 0 Å². The molecule has 0 bridgehead atoms. The maximum atomic E-state index is 13.5. The van der Waals surface area contributed by atoms with Gasteiger partial charge in [0.05, 0.1) is 11.7 Å². The number of benzene rings is 1. The molecule has 0 heterocycles. The second-order valence-electron chi connectivity index (χ2n) is 6.20. The highest BCUT2D eigenvalue weighted by Crippen LogP contribution is 2.38. The Hall–Kier alpha value is -0.450. The van der Waals surface area contributed by atoms with Crippen LogP contribution in [0.1, 0.15) is 45.1 Å². The second-order valence-corrected chi connectivity index (χ2v) is 7.11. The largest absolute Gasteiger partial charge is 0.390 e. The molecule has 1 N–H and O–H groups in total. The van der Waals surface area contributed by atoms with Crippen molar-refractivity contribution in [1.82, 2.24) is 0 Å². The molecule has 1 fully saturated rings. The van der Waals surface area contributed by atoms with Crippen LogP contribution in [0.15, 0.2) is 22.7 Å². The maximum Gasteiger partial charge on any atom is 0.124 e. The predicted octanol–water partition coefficient (Wildman–Crippen LogP) is 4.48. The fourth-order valence-electron chi connectivity index (χ4n) is 3.50. The molecule has 0 amide bonds. The highest BCUT2D eigenvalue weighted by molar-refractivity contribution is 9.10. The molecule has 21 heavy (non-hydrogen) atoms. The van der Waals surface area contributed by atoms with Gasteiger partial charge in [-0.15, -0.1) is 0 Å². The highest BCUT2D eigenvalue weighted by Gasteiger charge is 2.41. The average molecular weight is 359 g/mol. The summed E-state index contributed by atoms with van der Waals surface area (Å²) in [5.41, 5.74) is 0.317. The van der Waals surface area contributed by atoms with Crippen LogP contribution in [0.25, 0.3) is 0 Å². The Balaban J connectivity index is 2.16. The summed E-state index contributed by atoms with van der Waals surface area (Å²) in [6.07, 6.45) is 3.83. The first-order valence-electron chi connectivity index (χ1n) is 7.72. The van der Waals surface area contributed by atoms with Gasteiger partial charge in [-0.2, -0.15) is 0 Å². The first-order chi connectivity index (χ1) is 9.95. The van der Waals surface area contributed by atoms with Gasteiger partial charge in [0.1, 0.15) is 5.82 Å². The predicted molar refractivity (Wildman–Crippen MR) is 85.8 cm³/mol. The van der Waals surface area contributed by atoms with Gasteiger partial charge in [-0.25, -0.2) is 4.39 Å². The van der Waals surface area contributed by atoms with Crippen LogP contribution in [0.4, 0.5) is 4.39 Å². The topological polar surface area (TPSA) is 29.5 Å². The first kappa shape index (κ1) is 16.9. The molecule has 1 aromatic rings. The number of hydrogen-bond acceptors (Lipinski definition) is 2. The molecule has 2 nitrogen and oxygen atoms in total. The summed E-state index contributed by atoms with van der Waals surface area (Å²) in [7, 11) is 0. The van der Waals surface area contributed by atoms with E-state index in [4.69, 9.17) is 4.74 Å². The zero-order valence-corrected chi connectivity index (χ0v) is 14.3. The van der Waals surface area contributed by atoms with E-state index in [1.54, 1.807) is 0 Å². The molecule has 0 spiro atoms. The average Bonchev–Trinajstić information content (AvgIpc) is 2.37. The quantitative estimate of drug-likeness (QED) is 0.840. The Bertz CT molecular complexity index is 456. The second kappa shape index (κ2) is 7.21. The third kappa shape index (κ3) is 4.27. The van der Waals surface area contributed by atoms with E-state index in [0.29, 0.717) is 23.4 Å². The molecule has 3 unspecified atom stereocenters. The first-order valence-corrected chi connectivity index (χ1v) is 8.51. The summed E-state index contributed by atoms with van der Waals surface area (Å²) in [4.78, 5) is 0. The lowest BCUT2D eigenvalue weighted by molar-refractivity contribution is -0.147. The maximum absolute atomic E-state index is 13.5. The summed E-state index contributed by atoms with van der Waals surface area (Å²) >= 11 is 3.30. The molecule has 3 atom stereocenters. The highest BCUT2D eigenvalue weighted by atomic mass is 79.9. The van der Waals surface area contributed by atoms with Crippen molar-refractivity contribution in [2.45, 2.75) is 57.7 Å². The SMILES string of the molecule is CCOC1(C(O)Cc2cc(F)cc(Br)c2)CCCC(C)C1. The minimum Gasteiger partial charge on any atom is -0.390 e. The molecule has 2 rings (SSSR count). The fraction of sp³-hybridized carbons (Fsp3) is 0.647. The van der Waals surface area contributed by atoms with Crippen LogP contribution in [0.2, 0.25) is 0 Å². The lowest BCUT2D eigenvalue weighted by atomic mass is 9.74. The van der Waals surface area contributed by atoms with Gasteiger partial charge in [0.25, 0.3) is 0 Å². The molecule has 4 heteroatoms. The lowest BCUT2D eigenvalue weighted by Gasteiger charge is -2.43. The van der Waals surface area contributed by atoms with Gasteiger partial charge in [0, 0.05) is 17.5 Å². The monoisotopic (exact) mass is 358 g/mol. The van der Waals surface area contributed by atoms with Crippen molar-refractivity contribution in [1.29, 1.82) is 0 Å². The number of halogens is 2. The number of aliphatic hydroxyl groups is 1. The van der Waals surface area contributed by atoms with Crippen LogP contribution in [-0.2, 0) is 11.2 Å². The van der Waals surface area contributed by atoms with Crippen molar-refractivity contribution in [3.05, 3.63) is 34.1 Å². The van der Waals surface area contributed by atoms with Crippen LogP contribution in [0, 0.1) is 11.7 Å². The molecule has 118 valence electrons. The smallest absolute Gasteiger partial charge is 0.124 e. The molecule has 1 aromatic carbocycles. The van der Waals surface area contributed by atoms with E-state index in [2.05, 4.69) is 22.9 Å². The molecule has 0 saturated heterocycles. The van der Waals surface area contributed by atoms with Crippen LogP contribution in [0.5, 0.6) is 0 Å². The normalized spacial score (nSPS) is 27.6. The third-order valence-electron chi connectivity index (χ3n) is 4.38. The summed E-state index contributed by atoms with van der Waals surface area (Å²) in [5, 5.41) is 10.7. The van der Waals surface area contributed by atoms with Gasteiger partial charge < -0.3 is 9.84 Å². The van der Waals surface area contributed by atoms with Crippen molar-refractivity contribution in [3.8, 4) is 0 Å². The minimum atomic E-state index is -0.603. The Kier molecular flexibility index (Phi) is 5.81. The molecule has 1 aliphatic rings. The van der Waals surface area contributed by atoms with E-state index in [0.717, 1.165) is 24.8 Å². The van der Waals surface area contributed by atoms with Gasteiger partial charge in [0.15, 0.2) is 0 Å². The van der Waals surface area contributed by atoms with Crippen LogP contribution < -0.4 is 0 Å². The molecule has 1 saturated carbocycles. The number of hydrogen-bond donors (Lipinski definition) is 1. The van der Waals surface area contributed by atoms with Gasteiger partial charge >= 0.3 is 0 Å². The van der Waals surface area contributed by atoms with Gasteiger partial charge in [0.2, 0.25) is 0 Å². The molecular weight excluding hydrogens is 335 g/mol. The summed E-state index contributed by atoms with van der Waals surface area (Å²) in [6.45, 7) is 4.77. The Labute approximate surface area is 134 Å². The van der Waals surface area contributed by atoms with Gasteiger partial charge in [-0.1, -0.05) is 35.7 Å². The zero-order valence-electron chi connectivity index (χ0n) is 12.7. The Morgan fingerprint density at radius 1 is 1.48 bits per heavy atom. The van der Waals surface area contributed by atoms with Crippen molar-refractivity contribution in [2.24, 2.45) is 5.92 Å². The molecule has 0 aromatic heterocycles. The molecule has 0 aliphatic heterocycles. The summed E-state index contributed by atoms with van der Waals surface area (Å²) < 4.78 is 20.2. The fourth-order valence-corrected chi connectivity index (χ4v) is 4.01. The Morgan fingerprint density at radius 2 is 2.24 bits per heavy atom. The standard InChI is InChI=1S/C17H24BrFO2/c1-3-21-17(6-4-5-12(2)11-17)16(20)9-13-7-14(18)10-15(19)8-13/h7-8,10,12,16,20H,3-6,9,11H2,1-2H3. The molecular formula is C17H24BrFO2. The van der Waals surface area contributed by atoms with Crippen LogP contribution >= 0.6 is 15.9 Å². The summed E-state index contributed by atoms with van der Waals surface area (Å²) in [6, 6.07) is 4.77. The van der Waals surface area contributed by atoms with E-state index in [-0.39, 0.29) is 5.82 Å². The van der Waals surface area contributed by atoms with Crippen molar-refractivity contribution < 1.29 is 14.2 Å². The van der Waals surface area contributed by atoms with Crippen molar-refractivity contribution >= 4 is 15.9 Å². The lowest BCUT2D eigenvalue weighted by Crippen LogP contribution is -2.49. The van der Waals surface area contributed by atoms with E-state index in [9.17, 15) is 9.50 Å². The third-order valence-corrected chi connectivity index (χ3v) is 4.84. The molecule has 0 radical (unpaired) electrons. The van der Waals surface area contributed by atoms with Crippen LogP contribution in [0.3, 0.4) is 0 Å². The number of ether oxygens (including phenoxy) is 1. The van der Waals surface area contributed by atoms with E-state index in [1.807, 2.05) is 13.0 Å². The van der Waals surface area contributed by atoms with Crippen molar-refractivity contribution in [3.63, 3.8) is 0 Å².